The Bertz CT molecular complexity index is 945. The maximum Gasteiger partial charge on any atom is 0.253 e. The lowest BCUT2D eigenvalue weighted by molar-refractivity contribution is -0.133. The zero-order valence-electron chi connectivity index (χ0n) is 14.8. The smallest absolute Gasteiger partial charge is 0.253 e. The fourth-order valence-electron chi connectivity index (χ4n) is 3.65. The number of halogens is 4. The number of hydrogen-bond donors (Lipinski definition) is 0. The number of hydrazone groups is 1. The SMILES string of the molecule is O=C1C2CN(Cc3cc(F)cc(F)c3)CCC2=NN1Cc1ccc(F)cc1Br. The molecule has 2 heterocycles. The number of rotatable bonds is 4. The molecule has 2 aromatic rings. The van der Waals surface area contributed by atoms with Gasteiger partial charge in [-0.15, -0.1) is 0 Å². The predicted octanol–water partition coefficient (Wildman–Crippen LogP) is 4.09. The van der Waals surface area contributed by atoms with Gasteiger partial charge in [0, 0.05) is 36.6 Å². The van der Waals surface area contributed by atoms with Crippen LogP contribution in [-0.4, -0.2) is 34.6 Å². The minimum atomic E-state index is -0.609. The zero-order valence-corrected chi connectivity index (χ0v) is 16.4. The third kappa shape index (κ3) is 3.98. The molecular weight excluding hydrogens is 435 g/mol. The summed E-state index contributed by atoms with van der Waals surface area (Å²) in [6.45, 7) is 1.75. The molecule has 0 saturated carbocycles. The van der Waals surface area contributed by atoms with E-state index in [0.29, 0.717) is 36.1 Å². The van der Waals surface area contributed by atoms with E-state index in [-0.39, 0.29) is 24.2 Å². The molecular formula is C20H17BrF3N3O. The number of amides is 1. The average molecular weight is 452 g/mol. The number of fused-ring (bicyclic) bond motifs is 1. The van der Waals surface area contributed by atoms with Crippen molar-refractivity contribution >= 4 is 27.5 Å². The van der Waals surface area contributed by atoms with Crippen LogP contribution in [0.1, 0.15) is 17.5 Å². The Hall–Kier alpha value is -2.19. The van der Waals surface area contributed by atoms with Crippen LogP contribution in [0.15, 0.2) is 46.0 Å². The van der Waals surface area contributed by atoms with E-state index >= 15 is 0 Å². The molecule has 4 nitrogen and oxygen atoms in total. The molecule has 1 amide bonds. The summed E-state index contributed by atoms with van der Waals surface area (Å²) in [5.41, 5.74) is 2.13. The van der Waals surface area contributed by atoms with Gasteiger partial charge in [0.25, 0.3) is 5.91 Å². The minimum absolute atomic E-state index is 0.110. The van der Waals surface area contributed by atoms with Crippen LogP contribution in [-0.2, 0) is 17.9 Å². The second kappa shape index (κ2) is 7.67. The highest BCUT2D eigenvalue weighted by Crippen LogP contribution is 2.28. The van der Waals surface area contributed by atoms with Crippen molar-refractivity contribution in [2.24, 2.45) is 11.0 Å². The number of carbonyl (C=O) groups is 1. The van der Waals surface area contributed by atoms with Gasteiger partial charge in [-0.3, -0.25) is 9.69 Å². The number of benzene rings is 2. The number of hydrogen-bond acceptors (Lipinski definition) is 3. The fourth-order valence-corrected chi connectivity index (χ4v) is 4.13. The standard InChI is InChI=1S/C20H17BrF3N3O/c21-18-8-14(22)2-1-13(18)10-27-20(28)17-11-26(4-3-19(17)25-27)9-12-5-15(23)7-16(24)6-12/h1-2,5-8,17H,3-4,9-11H2. The van der Waals surface area contributed by atoms with Gasteiger partial charge in [-0.25, -0.2) is 18.2 Å². The first-order chi connectivity index (χ1) is 13.4. The van der Waals surface area contributed by atoms with Crippen LogP contribution in [0.4, 0.5) is 13.2 Å². The summed E-state index contributed by atoms with van der Waals surface area (Å²) in [6, 6.07) is 7.79. The van der Waals surface area contributed by atoms with Crippen LogP contribution < -0.4 is 0 Å². The molecule has 2 aromatic carbocycles. The first-order valence-electron chi connectivity index (χ1n) is 8.89. The maximum absolute atomic E-state index is 13.4. The third-order valence-electron chi connectivity index (χ3n) is 4.99. The summed E-state index contributed by atoms with van der Waals surface area (Å²) in [5, 5.41) is 5.88. The highest BCUT2D eigenvalue weighted by Gasteiger charge is 2.39. The van der Waals surface area contributed by atoms with Crippen molar-refractivity contribution in [3.05, 3.63) is 69.4 Å². The Balaban J connectivity index is 1.44. The van der Waals surface area contributed by atoms with E-state index < -0.39 is 11.6 Å². The van der Waals surface area contributed by atoms with Crippen molar-refractivity contribution in [1.82, 2.24) is 9.91 Å². The van der Waals surface area contributed by atoms with Crippen LogP contribution in [0, 0.1) is 23.4 Å². The second-order valence-corrected chi connectivity index (χ2v) is 7.89. The van der Waals surface area contributed by atoms with E-state index in [1.807, 2.05) is 4.90 Å². The van der Waals surface area contributed by atoms with Crippen molar-refractivity contribution in [2.45, 2.75) is 19.5 Å². The molecule has 2 aliphatic heterocycles. The minimum Gasteiger partial charge on any atom is -0.298 e. The van der Waals surface area contributed by atoms with Gasteiger partial charge in [0.2, 0.25) is 0 Å². The van der Waals surface area contributed by atoms with Gasteiger partial charge in [0.1, 0.15) is 17.5 Å². The number of carbonyl (C=O) groups excluding carboxylic acids is 1. The fraction of sp³-hybridized carbons (Fsp3) is 0.300. The molecule has 8 heteroatoms. The van der Waals surface area contributed by atoms with Crippen LogP contribution in [0.5, 0.6) is 0 Å². The van der Waals surface area contributed by atoms with E-state index in [2.05, 4.69) is 21.0 Å². The Morgan fingerprint density at radius 2 is 1.79 bits per heavy atom. The maximum atomic E-state index is 13.4. The largest absolute Gasteiger partial charge is 0.298 e. The van der Waals surface area contributed by atoms with Crippen LogP contribution in [0.2, 0.25) is 0 Å². The Kier molecular flexibility index (Phi) is 5.25. The van der Waals surface area contributed by atoms with E-state index in [9.17, 15) is 18.0 Å². The van der Waals surface area contributed by atoms with Gasteiger partial charge in [0.15, 0.2) is 0 Å². The third-order valence-corrected chi connectivity index (χ3v) is 5.73. The Morgan fingerprint density at radius 1 is 1.04 bits per heavy atom. The van der Waals surface area contributed by atoms with Gasteiger partial charge in [-0.05, 0) is 35.4 Å². The van der Waals surface area contributed by atoms with Crippen molar-refractivity contribution in [3.63, 3.8) is 0 Å². The number of nitrogens with zero attached hydrogens (tertiary/aromatic N) is 3. The van der Waals surface area contributed by atoms with Gasteiger partial charge in [0.05, 0.1) is 18.2 Å². The van der Waals surface area contributed by atoms with Crippen molar-refractivity contribution in [1.29, 1.82) is 0 Å². The summed E-state index contributed by atoms with van der Waals surface area (Å²) in [6.07, 6.45) is 0.620. The first kappa shape index (κ1) is 19.1. The van der Waals surface area contributed by atoms with E-state index in [0.717, 1.165) is 17.3 Å². The van der Waals surface area contributed by atoms with Crippen LogP contribution in [0.3, 0.4) is 0 Å². The van der Waals surface area contributed by atoms with Gasteiger partial charge in [-0.1, -0.05) is 22.0 Å². The van der Waals surface area contributed by atoms with E-state index in [1.165, 1.54) is 29.3 Å². The van der Waals surface area contributed by atoms with Crippen LogP contribution >= 0.6 is 15.9 Å². The Morgan fingerprint density at radius 3 is 2.50 bits per heavy atom. The molecule has 1 fully saturated rings. The molecule has 4 rings (SSSR count). The lowest BCUT2D eigenvalue weighted by Gasteiger charge is -2.30. The van der Waals surface area contributed by atoms with Crippen LogP contribution in [0.25, 0.3) is 0 Å². The molecule has 0 aromatic heterocycles. The van der Waals surface area contributed by atoms with E-state index in [4.69, 9.17) is 0 Å². The van der Waals surface area contributed by atoms with Gasteiger partial charge < -0.3 is 0 Å². The monoisotopic (exact) mass is 451 g/mol. The number of piperidine rings is 1. The summed E-state index contributed by atoms with van der Waals surface area (Å²) < 4.78 is 40.7. The highest BCUT2D eigenvalue weighted by molar-refractivity contribution is 9.10. The molecule has 1 unspecified atom stereocenters. The molecule has 0 N–H and O–H groups in total. The van der Waals surface area contributed by atoms with Gasteiger partial charge in [-0.2, -0.15) is 5.10 Å². The van der Waals surface area contributed by atoms with E-state index in [1.54, 1.807) is 6.07 Å². The summed E-state index contributed by atoms with van der Waals surface area (Å²) in [5.74, 6) is -2.04. The number of likely N-dealkylation sites (tertiary alicyclic amines) is 1. The molecule has 28 heavy (non-hydrogen) atoms. The molecule has 0 aliphatic carbocycles. The van der Waals surface area contributed by atoms with Crippen molar-refractivity contribution in [2.75, 3.05) is 13.1 Å². The van der Waals surface area contributed by atoms with Crippen molar-refractivity contribution < 1.29 is 18.0 Å². The molecule has 146 valence electrons. The molecule has 1 atom stereocenters. The highest BCUT2D eigenvalue weighted by atomic mass is 79.9. The quantitative estimate of drug-likeness (QED) is 0.701. The van der Waals surface area contributed by atoms with Gasteiger partial charge >= 0.3 is 0 Å². The lowest BCUT2D eigenvalue weighted by atomic mass is 9.95. The van der Waals surface area contributed by atoms with Crippen molar-refractivity contribution in [3.8, 4) is 0 Å². The predicted molar refractivity (Wildman–Crippen MR) is 102 cm³/mol. The lowest BCUT2D eigenvalue weighted by Crippen LogP contribution is -2.43. The topological polar surface area (TPSA) is 35.9 Å². The normalized spacial score (nSPS) is 19.7. The molecule has 0 radical (unpaired) electrons. The summed E-state index contributed by atoms with van der Waals surface area (Å²) in [7, 11) is 0. The molecule has 1 saturated heterocycles. The second-order valence-electron chi connectivity index (χ2n) is 7.04. The Labute approximate surface area is 168 Å². The summed E-state index contributed by atoms with van der Waals surface area (Å²) >= 11 is 3.31. The zero-order chi connectivity index (χ0) is 19.8. The average Bonchev–Trinajstić information content (AvgIpc) is 2.92. The molecule has 0 bridgehead atoms. The molecule has 2 aliphatic rings. The first-order valence-corrected chi connectivity index (χ1v) is 9.68. The molecule has 0 spiro atoms. The summed E-state index contributed by atoms with van der Waals surface area (Å²) in [4.78, 5) is 14.8.